The molecule has 0 N–H and O–H groups in total. The first-order valence-electron chi connectivity index (χ1n) is 8.70. The molecule has 4 rings (SSSR count). The number of nitrogens with zero attached hydrogens (tertiary/aromatic N) is 5. The molecule has 6 heteroatoms. The number of rotatable bonds is 3. The lowest BCUT2D eigenvalue weighted by Crippen LogP contribution is -2.45. The molecule has 1 aromatic heterocycles. The number of benzene rings is 1. The van der Waals surface area contributed by atoms with Gasteiger partial charge in [0.05, 0.1) is 13.1 Å². The lowest BCUT2D eigenvalue weighted by Gasteiger charge is -2.30. The van der Waals surface area contributed by atoms with Crippen molar-refractivity contribution in [2.75, 3.05) is 18.0 Å². The van der Waals surface area contributed by atoms with E-state index in [1.165, 1.54) is 5.56 Å². The molecule has 0 saturated carbocycles. The summed E-state index contributed by atoms with van der Waals surface area (Å²) in [5.74, 6) is 2.19. The molecule has 126 valence electrons. The summed E-state index contributed by atoms with van der Waals surface area (Å²) in [4.78, 5) is 17.0. The van der Waals surface area contributed by atoms with Crippen molar-refractivity contribution in [3.63, 3.8) is 0 Å². The predicted octanol–water partition coefficient (Wildman–Crippen LogP) is 1.63. The van der Waals surface area contributed by atoms with Gasteiger partial charge in [-0.3, -0.25) is 9.69 Å². The van der Waals surface area contributed by atoms with E-state index >= 15 is 0 Å². The largest absolute Gasteiger partial charge is 0.313 e. The molecule has 0 aliphatic carbocycles. The topological polar surface area (TPSA) is 54.3 Å². The normalized spacial score (nSPS) is 20.1. The van der Waals surface area contributed by atoms with Crippen LogP contribution in [0.1, 0.15) is 31.1 Å². The zero-order valence-corrected chi connectivity index (χ0v) is 14.3. The molecule has 0 spiro atoms. The zero-order valence-electron chi connectivity index (χ0n) is 14.3. The van der Waals surface area contributed by atoms with E-state index in [4.69, 9.17) is 0 Å². The maximum Gasteiger partial charge on any atom is 0.241 e. The number of aryl methyl sites for hydroxylation is 1. The number of hydrogen-bond acceptors (Lipinski definition) is 4. The smallest absolute Gasteiger partial charge is 0.241 e. The molecule has 3 heterocycles. The molecule has 0 fully saturated rings. The van der Waals surface area contributed by atoms with Gasteiger partial charge in [-0.1, -0.05) is 25.1 Å². The summed E-state index contributed by atoms with van der Waals surface area (Å²) in [5.41, 5.74) is 2.34. The Morgan fingerprint density at radius 2 is 2.08 bits per heavy atom. The molecule has 0 bridgehead atoms. The van der Waals surface area contributed by atoms with Crippen LogP contribution in [0.4, 0.5) is 5.69 Å². The fourth-order valence-electron chi connectivity index (χ4n) is 3.88. The molecule has 1 aromatic carbocycles. The summed E-state index contributed by atoms with van der Waals surface area (Å²) >= 11 is 0. The quantitative estimate of drug-likeness (QED) is 0.861. The first-order valence-corrected chi connectivity index (χ1v) is 8.70. The molecular formula is C18H23N5O. The minimum atomic E-state index is 0.177. The maximum atomic E-state index is 12.9. The van der Waals surface area contributed by atoms with Crippen molar-refractivity contribution in [1.82, 2.24) is 19.7 Å². The minimum Gasteiger partial charge on any atom is -0.313 e. The average Bonchev–Trinajstić information content (AvgIpc) is 3.13. The monoisotopic (exact) mass is 325 g/mol. The Bertz CT molecular complexity index is 769. The molecule has 2 aliphatic heterocycles. The van der Waals surface area contributed by atoms with Crippen molar-refractivity contribution in [1.29, 1.82) is 0 Å². The Labute approximate surface area is 142 Å². The van der Waals surface area contributed by atoms with E-state index < -0.39 is 0 Å². The summed E-state index contributed by atoms with van der Waals surface area (Å²) in [6, 6.07) is 8.45. The third kappa shape index (κ3) is 2.51. The fourth-order valence-corrected chi connectivity index (χ4v) is 3.88. The van der Waals surface area contributed by atoms with E-state index in [0.717, 1.165) is 43.3 Å². The molecule has 2 aliphatic rings. The number of carbonyl (C=O) groups excluding carboxylic acids is 1. The number of aromatic nitrogens is 3. The Balaban J connectivity index is 1.47. The highest BCUT2D eigenvalue weighted by atomic mass is 16.2. The van der Waals surface area contributed by atoms with E-state index in [1.807, 2.05) is 17.0 Å². The molecule has 24 heavy (non-hydrogen) atoms. The summed E-state index contributed by atoms with van der Waals surface area (Å²) in [7, 11) is 0. The van der Waals surface area contributed by atoms with Gasteiger partial charge < -0.3 is 9.47 Å². The fraction of sp³-hybridized carbons (Fsp3) is 0.500. The second kappa shape index (κ2) is 6.02. The van der Waals surface area contributed by atoms with E-state index in [1.54, 1.807) is 0 Å². The van der Waals surface area contributed by atoms with Crippen LogP contribution in [0.2, 0.25) is 0 Å². The summed E-state index contributed by atoms with van der Waals surface area (Å²) < 4.78 is 2.19. The highest BCUT2D eigenvalue weighted by molar-refractivity contribution is 5.97. The Morgan fingerprint density at radius 3 is 2.92 bits per heavy atom. The van der Waals surface area contributed by atoms with Crippen molar-refractivity contribution >= 4 is 11.6 Å². The molecule has 0 unspecified atom stereocenters. The van der Waals surface area contributed by atoms with Crippen LogP contribution in [0.15, 0.2) is 24.3 Å². The van der Waals surface area contributed by atoms with Gasteiger partial charge in [-0.2, -0.15) is 0 Å². The van der Waals surface area contributed by atoms with Crippen molar-refractivity contribution < 1.29 is 4.79 Å². The van der Waals surface area contributed by atoms with Crippen molar-refractivity contribution in [2.24, 2.45) is 0 Å². The number of carbonyl (C=O) groups is 1. The highest BCUT2D eigenvalue weighted by Gasteiger charge is 2.32. The molecule has 1 amide bonds. The first-order chi connectivity index (χ1) is 11.7. The first kappa shape index (κ1) is 15.3. The minimum absolute atomic E-state index is 0.177. The molecule has 2 aromatic rings. The SMILES string of the molecule is CCc1nnc2n1CCN(CC(=O)N1c3ccccc3C[C@@H]1C)C2. The Morgan fingerprint density at radius 1 is 1.25 bits per heavy atom. The van der Waals surface area contributed by atoms with E-state index in [-0.39, 0.29) is 11.9 Å². The molecule has 1 atom stereocenters. The van der Waals surface area contributed by atoms with Gasteiger partial charge in [-0.05, 0) is 25.0 Å². The number of fused-ring (bicyclic) bond motifs is 2. The second-order valence-corrected chi connectivity index (χ2v) is 6.69. The summed E-state index contributed by atoms with van der Waals surface area (Å²) in [6.07, 6.45) is 1.84. The maximum absolute atomic E-state index is 12.9. The van der Waals surface area contributed by atoms with Gasteiger partial charge in [0.2, 0.25) is 5.91 Å². The van der Waals surface area contributed by atoms with E-state index in [2.05, 4.69) is 45.6 Å². The van der Waals surface area contributed by atoms with Crippen LogP contribution in [0.25, 0.3) is 0 Å². The predicted molar refractivity (Wildman–Crippen MR) is 91.8 cm³/mol. The van der Waals surface area contributed by atoms with Crippen LogP contribution in [0, 0.1) is 0 Å². The zero-order chi connectivity index (χ0) is 16.7. The Hall–Kier alpha value is -2.21. The second-order valence-electron chi connectivity index (χ2n) is 6.69. The third-order valence-electron chi connectivity index (χ3n) is 5.06. The van der Waals surface area contributed by atoms with Crippen molar-refractivity contribution in [3.05, 3.63) is 41.5 Å². The molecule has 0 radical (unpaired) electrons. The van der Waals surface area contributed by atoms with Crippen molar-refractivity contribution in [3.8, 4) is 0 Å². The average molecular weight is 325 g/mol. The summed E-state index contributed by atoms with van der Waals surface area (Å²) in [5, 5.41) is 8.52. The highest BCUT2D eigenvalue weighted by Crippen LogP contribution is 2.32. The lowest BCUT2D eigenvalue weighted by atomic mass is 10.1. The number of anilines is 1. The third-order valence-corrected chi connectivity index (χ3v) is 5.06. The van der Waals surface area contributed by atoms with Gasteiger partial charge in [0.25, 0.3) is 0 Å². The van der Waals surface area contributed by atoms with E-state index in [9.17, 15) is 4.79 Å². The van der Waals surface area contributed by atoms with Crippen LogP contribution in [0.3, 0.4) is 0 Å². The van der Waals surface area contributed by atoms with Crippen LogP contribution in [-0.2, 0) is 30.7 Å². The van der Waals surface area contributed by atoms with Gasteiger partial charge in [0.15, 0.2) is 0 Å². The van der Waals surface area contributed by atoms with Gasteiger partial charge in [0.1, 0.15) is 11.6 Å². The molecule has 6 nitrogen and oxygen atoms in total. The Kier molecular flexibility index (Phi) is 3.84. The number of amides is 1. The van der Waals surface area contributed by atoms with Crippen LogP contribution in [-0.4, -0.2) is 44.7 Å². The van der Waals surface area contributed by atoms with Crippen LogP contribution < -0.4 is 4.90 Å². The van der Waals surface area contributed by atoms with Gasteiger partial charge in [-0.25, -0.2) is 0 Å². The van der Waals surface area contributed by atoms with Gasteiger partial charge in [-0.15, -0.1) is 10.2 Å². The number of hydrogen-bond donors (Lipinski definition) is 0. The lowest BCUT2D eigenvalue weighted by molar-refractivity contribution is -0.120. The van der Waals surface area contributed by atoms with Crippen LogP contribution in [0.5, 0.6) is 0 Å². The van der Waals surface area contributed by atoms with Crippen LogP contribution >= 0.6 is 0 Å². The van der Waals surface area contributed by atoms with E-state index in [0.29, 0.717) is 13.1 Å². The number of para-hydroxylation sites is 1. The molecule has 0 saturated heterocycles. The standard InChI is InChI=1S/C18H23N5O/c1-3-16-19-20-17-11-21(8-9-22(16)17)12-18(24)23-13(2)10-14-6-4-5-7-15(14)23/h4-7,13H,3,8-12H2,1-2H3/t13-/m0/s1. The molecular weight excluding hydrogens is 302 g/mol. The van der Waals surface area contributed by atoms with Gasteiger partial charge in [0, 0.05) is 31.2 Å². The van der Waals surface area contributed by atoms with Gasteiger partial charge >= 0.3 is 0 Å². The summed E-state index contributed by atoms with van der Waals surface area (Å²) in [6.45, 7) is 7.09. The van der Waals surface area contributed by atoms with Crippen molar-refractivity contribution in [2.45, 2.75) is 45.8 Å².